The molecule has 2 rings (SSSR count). The number of nitrogens with one attached hydrogen (secondary N) is 1. The summed E-state index contributed by atoms with van der Waals surface area (Å²) in [6.07, 6.45) is 0.985. The van der Waals surface area contributed by atoms with E-state index < -0.39 is 5.82 Å². The molecule has 1 aromatic carbocycles. The summed E-state index contributed by atoms with van der Waals surface area (Å²) in [6.45, 7) is 6.51. The Balaban J connectivity index is 2.35. The van der Waals surface area contributed by atoms with Crippen molar-refractivity contribution >= 4 is 21.7 Å². The summed E-state index contributed by atoms with van der Waals surface area (Å²) in [5.41, 5.74) is 0.758. The van der Waals surface area contributed by atoms with Crippen LogP contribution in [0.3, 0.4) is 0 Å². The van der Waals surface area contributed by atoms with Crippen molar-refractivity contribution in [3.8, 4) is 11.6 Å². The third-order valence-electron chi connectivity index (χ3n) is 2.86. The van der Waals surface area contributed by atoms with Gasteiger partial charge < -0.3 is 10.1 Å². The zero-order valence-electron chi connectivity index (χ0n) is 12.2. The molecule has 1 N–H and O–H groups in total. The lowest BCUT2D eigenvalue weighted by molar-refractivity contribution is 0.422. The van der Waals surface area contributed by atoms with Crippen LogP contribution in [0.15, 0.2) is 22.7 Å². The van der Waals surface area contributed by atoms with Crippen molar-refractivity contribution in [2.75, 3.05) is 11.9 Å². The molecule has 4 nitrogen and oxygen atoms in total. The Labute approximate surface area is 131 Å². The Morgan fingerprint density at radius 3 is 2.76 bits per heavy atom. The molecule has 21 heavy (non-hydrogen) atoms. The lowest BCUT2D eigenvalue weighted by Crippen LogP contribution is -2.07. The molecule has 0 spiro atoms. The van der Waals surface area contributed by atoms with Crippen molar-refractivity contribution in [2.45, 2.75) is 27.2 Å². The molecular weight excluding hydrogens is 337 g/mol. The van der Waals surface area contributed by atoms with Gasteiger partial charge >= 0.3 is 0 Å². The highest BCUT2D eigenvalue weighted by Crippen LogP contribution is 2.30. The Kier molecular flexibility index (Phi) is 5.12. The topological polar surface area (TPSA) is 47.0 Å². The molecule has 0 saturated carbocycles. The fourth-order valence-electron chi connectivity index (χ4n) is 1.78. The number of aromatic nitrogens is 2. The first-order valence-corrected chi connectivity index (χ1v) is 7.52. The van der Waals surface area contributed by atoms with Crippen LogP contribution in [0.5, 0.6) is 11.6 Å². The van der Waals surface area contributed by atoms with Crippen molar-refractivity contribution in [1.82, 2.24) is 9.97 Å². The Morgan fingerprint density at radius 2 is 2.05 bits per heavy atom. The third-order valence-corrected chi connectivity index (χ3v) is 3.35. The van der Waals surface area contributed by atoms with Gasteiger partial charge in [0.25, 0.3) is 0 Å². The minimum Gasteiger partial charge on any atom is -0.435 e. The van der Waals surface area contributed by atoms with Crippen LogP contribution in [0.2, 0.25) is 0 Å². The molecule has 1 aromatic heterocycles. The number of halogens is 2. The summed E-state index contributed by atoms with van der Waals surface area (Å²) in [6, 6.07) is 4.54. The molecular formula is C15H17BrFN3O. The Morgan fingerprint density at radius 1 is 1.29 bits per heavy atom. The van der Waals surface area contributed by atoms with E-state index in [1.807, 2.05) is 6.92 Å². The summed E-state index contributed by atoms with van der Waals surface area (Å²) in [5, 5.41) is 3.22. The quantitative estimate of drug-likeness (QED) is 0.852. The standard InChI is InChI=1S/C15H17BrFN3O/c1-4-7-18-14-9(2)15(20-10(3)19-14)21-13-8-11(16)5-6-12(13)17/h5-6,8H,4,7H2,1-3H3,(H,18,19,20). The largest absolute Gasteiger partial charge is 0.435 e. The number of rotatable bonds is 5. The van der Waals surface area contributed by atoms with E-state index in [1.165, 1.54) is 6.07 Å². The first-order valence-electron chi connectivity index (χ1n) is 6.73. The fraction of sp³-hybridized carbons (Fsp3) is 0.333. The van der Waals surface area contributed by atoms with Crippen LogP contribution in [0.4, 0.5) is 10.2 Å². The van der Waals surface area contributed by atoms with E-state index in [0.717, 1.165) is 28.8 Å². The molecule has 0 aliphatic heterocycles. The van der Waals surface area contributed by atoms with Gasteiger partial charge in [-0.05, 0) is 38.5 Å². The molecule has 0 aliphatic rings. The fourth-order valence-corrected chi connectivity index (χ4v) is 2.12. The summed E-state index contributed by atoms with van der Waals surface area (Å²) in [5.74, 6) is 1.35. The molecule has 6 heteroatoms. The van der Waals surface area contributed by atoms with Gasteiger partial charge in [-0.25, -0.2) is 9.37 Å². The van der Waals surface area contributed by atoms with E-state index in [1.54, 1.807) is 19.1 Å². The Bertz CT molecular complexity index is 649. The van der Waals surface area contributed by atoms with E-state index in [-0.39, 0.29) is 5.75 Å². The second-order valence-electron chi connectivity index (χ2n) is 4.65. The van der Waals surface area contributed by atoms with Crippen LogP contribution >= 0.6 is 15.9 Å². The second kappa shape index (κ2) is 6.85. The minimum absolute atomic E-state index is 0.131. The van der Waals surface area contributed by atoms with Crippen LogP contribution in [0.1, 0.15) is 24.7 Å². The molecule has 0 bridgehead atoms. The zero-order chi connectivity index (χ0) is 15.4. The number of ether oxygens (including phenoxy) is 1. The van der Waals surface area contributed by atoms with Gasteiger partial charge in [0.05, 0.1) is 5.56 Å². The van der Waals surface area contributed by atoms with Gasteiger partial charge in [-0.2, -0.15) is 4.98 Å². The smallest absolute Gasteiger partial charge is 0.227 e. The van der Waals surface area contributed by atoms with Gasteiger partial charge in [-0.3, -0.25) is 0 Å². The molecule has 0 saturated heterocycles. The summed E-state index contributed by atoms with van der Waals surface area (Å²) < 4.78 is 20.2. The molecule has 0 fully saturated rings. The predicted octanol–water partition coefficient (Wildman–Crippen LogP) is 4.61. The van der Waals surface area contributed by atoms with Crippen molar-refractivity contribution in [2.24, 2.45) is 0 Å². The van der Waals surface area contributed by atoms with Crippen LogP contribution < -0.4 is 10.1 Å². The van der Waals surface area contributed by atoms with Crippen molar-refractivity contribution in [3.05, 3.63) is 39.9 Å². The van der Waals surface area contributed by atoms with Gasteiger partial charge in [0.2, 0.25) is 5.88 Å². The minimum atomic E-state index is -0.433. The van der Waals surface area contributed by atoms with Gasteiger partial charge in [0.1, 0.15) is 11.6 Å². The van der Waals surface area contributed by atoms with Crippen LogP contribution in [-0.2, 0) is 0 Å². The van der Waals surface area contributed by atoms with E-state index in [4.69, 9.17) is 4.74 Å². The molecule has 0 amide bonds. The third kappa shape index (κ3) is 3.91. The number of aryl methyl sites for hydroxylation is 1. The zero-order valence-corrected chi connectivity index (χ0v) is 13.8. The molecule has 0 atom stereocenters. The van der Waals surface area contributed by atoms with Crippen molar-refractivity contribution in [1.29, 1.82) is 0 Å². The maximum Gasteiger partial charge on any atom is 0.227 e. The number of benzene rings is 1. The highest BCUT2D eigenvalue weighted by atomic mass is 79.9. The predicted molar refractivity (Wildman–Crippen MR) is 84.5 cm³/mol. The van der Waals surface area contributed by atoms with Gasteiger partial charge in [-0.1, -0.05) is 22.9 Å². The van der Waals surface area contributed by atoms with E-state index in [0.29, 0.717) is 11.7 Å². The van der Waals surface area contributed by atoms with Crippen LogP contribution in [0.25, 0.3) is 0 Å². The molecule has 0 unspecified atom stereocenters. The van der Waals surface area contributed by atoms with E-state index in [9.17, 15) is 4.39 Å². The van der Waals surface area contributed by atoms with E-state index in [2.05, 4.69) is 38.1 Å². The average molecular weight is 354 g/mol. The van der Waals surface area contributed by atoms with Crippen molar-refractivity contribution < 1.29 is 9.13 Å². The maximum absolute atomic E-state index is 13.8. The summed E-state index contributed by atoms with van der Waals surface area (Å²) in [4.78, 5) is 8.60. The normalized spacial score (nSPS) is 10.5. The highest BCUT2D eigenvalue weighted by Gasteiger charge is 2.13. The molecule has 1 heterocycles. The van der Waals surface area contributed by atoms with E-state index >= 15 is 0 Å². The Hall–Kier alpha value is -1.69. The monoisotopic (exact) mass is 353 g/mol. The van der Waals surface area contributed by atoms with Gasteiger partial charge in [-0.15, -0.1) is 0 Å². The maximum atomic E-state index is 13.8. The molecule has 0 radical (unpaired) electrons. The summed E-state index contributed by atoms with van der Waals surface area (Å²) >= 11 is 3.30. The summed E-state index contributed by atoms with van der Waals surface area (Å²) in [7, 11) is 0. The van der Waals surface area contributed by atoms with Crippen LogP contribution in [0, 0.1) is 19.7 Å². The average Bonchev–Trinajstić information content (AvgIpc) is 2.44. The first kappa shape index (κ1) is 15.7. The highest BCUT2D eigenvalue weighted by molar-refractivity contribution is 9.10. The molecule has 0 aliphatic carbocycles. The number of anilines is 1. The molecule has 112 valence electrons. The van der Waals surface area contributed by atoms with Crippen LogP contribution in [-0.4, -0.2) is 16.5 Å². The second-order valence-corrected chi connectivity index (χ2v) is 5.57. The lowest BCUT2D eigenvalue weighted by atomic mass is 10.3. The number of nitrogens with zero attached hydrogens (tertiary/aromatic N) is 2. The molecule has 2 aromatic rings. The first-order chi connectivity index (χ1) is 10.0. The van der Waals surface area contributed by atoms with Gasteiger partial charge in [0, 0.05) is 11.0 Å². The number of hydrogen-bond donors (Lipinski definition) is 1. The van der Waals surface area contributed by atoms with Crippen molar-refractivity contribution in [3.63, 3.8) is 0 Å². The SMILES string of the molecule is CCCNc1nc(C)nc(Oc2cc(Br)ccc2F)c1C. The lowest BCUT2D eigenvalue weighted by Gasteiger charge is -2.13. The number of hydrogen-bond acceptors (Lipinski definition) is 4. The van der Waals surface area contributed by atoms with Gasteiger partial charge in [0.15, 0.2) is 11.6 Å².